The normalized spacial score (nSPS) is 10.1. The van der Waals surface area contributed by atoms with Crippen molar-refractivity contribution < 1.29 is 33.4 Å². The van der Waals surface area contributed by atoms with E-state index in [0.29, 0.717) is 34.4 Å². The maximum Gasteiger partial charge on any atom is 0.323 e. The molecule has 3 rings (SSSR count). The highest BCUT2D eigenvalue weighted by Crippen LogP contribution is 2.39. The smallest absolute Gasteiger partial charge is 0.323 e. The number of rotatable bonds is 9. The number of amides is 3. The minimum absolute atomic E-state index is 0.0774. The van der Waals surface area contributed by atoms with Crippen LogP contribution in [0.1, 0.15) is 10.5 Å². The Morgan fingerprint density at radius 3 is 2.03 bits per heavy atom. The Labute approximate surface area is 195 Å². The van der Waals surface area contributed by atoms with Gasteiger partial charge in [0.1, 0.15) is 17.8 Å². The van der Waals surface area contributed by atoms with E-state index in [4.69, 9.17) is 18.9 Å². The van der Waals surface area contributed by atoms with Gasteiger partial charge < -0.3 is 29.6 Å². The summed E-state index contributed by atoms with van der Waals surface area (Å²) >= 11 is 0. The van der Waals surface area contributed by atoms with Gasteiger partial charge in [-0.2, -0.15) is 0 Å². The van der Waals surface area contributed by atoms with E-state index in [2.05, 4.69) is 30.9 Å². The number of nitrogens with zero attached hydrogens (tertiary/aromatic N) is 2. The second kappa shape index (κ2) is 11.3. The summed E-state index contributed by atoms with van der Waals surface area (Å²) in [5, 5.41) is 5.42. The summed E-state index contributed by atoms with van der Waals surface area (Å²) in [4.78, 5) is 36.6. The zero-order valence-corrected chi connectivity index (χ0v) is 18.9. The molecule has 0 atom stereocenters. The summed E-state index contributed by atoms with van der Waals surface area (Å²) in [7, 11) is 5.79. The van der Waals surface area contributed by atoms with E-state index in [1.807, 2.05) is 0 Å². The lowest BCUT2D eigenvalue weighted by atomic mass is 10.2. The first-order valence-electron chi connectivity index (χ1n) is 9.78. The maximum atomic E-state index is 12.4. The first-order valence-corrected chi connectivity index (χ1v) is 9.78. The van der Waals surface area contributed by atoms with Gasteiger partial charge in [0, 0.05) is 23.9 Å². The van der Waals surface area contributed by atoms with E-state index in [0.717, 1.165) is 0 Å². The van der Waals surface area contributed by atoms with Crippen molar-refractivity contribution in [3.05, 3.63) is 54.5 Å². The van der Waals surface area contributed by atoms with Crippen molar-refractivity contribution in [1.82, 2.24) is 15.4 Å². The number of nitrogens with one attached hydrogen (secondary N) is 3. The van der Waals surface area contributed by atoms with Gasteiger partial charge >= 0.3 is 6.03 Å². The van der Waals surface area contributed by atoms with Crippen LogP contribution in [0, 0.1) is 0 Å². The summed E-state index contributed by atoms with van der Waals surface area (Å²) in [6, 6.07) is 10.7. The highest BCUT2D eigenvalue weighted by Gasteiger charge is 2.15. The topological polar surface area (TPSA) is 142 Å². The van der Waals surface area contributed by atoms with Crippen molar-refractivity contribution in [1.29, 1.82) is 0 Å². The van der Waals surface area contributed by atoms with Crippen molar-refractivity contribution in [3.8, 4) is 28.9 Å². The van der Waals surface area contributed by atoms with Crippen LogP contribution < -0.4 is 35.1 Å². The monoisotopic (exact) mass is 469 g/mol. The first kappa shape index (κ1) is 24.1. The SMILES string of the molecule is CONC(=O)c1cc(Oc2ccc(NC(=O)Nc3cc(OC)c(OC)c(OC)c3)cc2)ncn1. The molecule has 1 heterocycles. The largest absolute Gasteiger partial charge is 0.493 e. The van der Waals surface area contributed by atoms with Gasteiger partial charge in [0.2, 0.25) is 11.6 Å². The van der Waals surface area contributed by atoms with Gasteiger partial charge in [-0.3, -0.25) is 9.63 Å². The lowest BCUT2D eigenvalue weighted by Crippen LogP contribution is -2.22. The molecule has 0 saturated heterocycles. The molecular weight excluding hydrogens is 446 g/mol. The zero-order chi connectivity index (χ0) is 24.5. The van der Waals surface area contributed by atoms with Crippen molar-refractivity contribution in [2.75, 3.05) is 39.1 Å². The second-order valence-corrected chi connectivity index (χ2v) is 6.50. The Morgan fingerprint density at radius 1 is 0.794 bits per heavy atom. The number of benzene rings is 2. The van der Waals surface area contributed by atoms with E-state index in [-0.39, 0.29) is 11.6 Å². The summed E-state index contributed by atoms with van der Waals surface area (Å²) in [5.74, 6) is 1.30. The third-order valence-electron chi connectivity index (χ3n) is 4.33. The number of carbonyl (C=O) groups is 2. The number of ether oxygens (including phenoxy) is 4. The number of aromatic nitrogens is 2. The summed E-state index contributed by atoms with van der Waals surface area (Å²) in [5.41, 5.74) is 3.20. The molecule has 1 aromatic heterocycles. The zero-order valence-electron chi connectivity index (χ0n) is 18.9. The van der Waals surface area contributed by atoms with E-state index < -0.39 is 11.9 Å². The van der Waals surface area contributed by atoms with E-state index in [9.17, 15) is 9.59 Å². The molecule has 0 unspecified atom stereocenters. The predicted molar refractivity (Wildman–Crippen MR) is 122 cm³/mol. The predicted octanol–water partition coefficient (Wildman–Crippen LogP) is 3.23. The number of urea groups is 1. The van der Waals surface area contributed by atoms with Crippen molar-refractivity contribution in [2.24, 2.45) is 0 Å². The van der Waals surface area contributed by atoms with Crippen LogP contribution in [0.25, 0.3) is 0 Å². The van der Waals surface area contributed by atoms with Gasteiger partial charge in [-0.25, -0.2) is 20.2 Å². The maximum absolute atomic E-state index is 12.4. The number of hydrogen-bond acceptors (Lipinski definition) is 9. The van der Waals surface area contributed by atoms with Crippen LogP contribution in [-0.4, -0.2) is 50.3 Å². The van der Waals surface area contributed by atoms with Crippen LogP contribution >= 0.6 is 0 Å². The third kappa shape index (κ3) is 6.01. The quantitative estimate of drug-likeness (QED) is 0.403. The lowest BCUT2D eigenvalue weighted by Gasteiger charge is -2.15. The number of carbonyl (C=O) groups excluding carboxylic acids is 2. The molecule has 12 heteroatoms. The highest BCUT2D eigenvalue weighted by atomic mass is 16.6. The molecule has 3 aromatic rings. The summed E-state index contributed by atoms with van der Waals surface area (Å²) in [6.45, 7) is 0. The highest BCUT2D eigenvalue weighted by molar-refractivity contribution is 6.00. The number of hydrogen-bond donors (Lipinski definition) is 3. The molecule has 34 heavy (non-hydrogen) atoms. The Hall–Kier alpha value is -4.58. The molecule has 0 bridgehead atoms. The molecule has 3 amide bonds. The van der Waals surface area contributed by atoms with Gasteiger partial charge in [-0.05, 0) is 24.3 Å². The van der Waals surface area contributed by atoms with E-state index in [1.54, 1.807) is 36.4 Å². The standard InChI is InChI=1S/C22H23N5O7/c1-30-17-9-14(10-18(31-2)20(17)32-3)26-22(29)25-13-5-7-15(8-6-13)34-19-11-16(23-12-24-19)21(28)27-33-4/h5-12H,1-4H3,(H,27,28)(H2,25,26,29). The molecule has 0 aliphatic rings. The molecule has 178 valence electrons. The summed E-state index contributed by atoms with van der Waals surface area (Å²) in [6.07, 6.45) is 1.20. The van der Waals surface area contributed by atoms with Gasteiger partial charge in [0.05, 0.1) is 34.1 Å². The number of anilines is 2. The van der Waals surface area contributed by atoms with Gasteiger partial charge in [0.15, 0.2) is 11.5 Å². The van der Waals surface area contributed by atoms with Gasteiger partial charge in [-0.15, -0.1) is 0 Å². The Kier molecular flexibility index (Phi) is 8.02. The van der Waals surface area contributed by atoms with Crippen LogP contribution in [0.3, 0.4) is 0 Å². The average Bonchev–Trinajstić information content (AvgIpc) is 2.84. The molecule has 0 fully saturated rings. The Balaban J connectivity index is 1.63. The third-order valence-corrected chi connectivity index (χ3v) is 4.33. The van der Waals surface area contributed by atoms with Crippen LogP contribution in [0.15, 0.2) is 48.8 Å². The van der Waals surface area contributed by atoms with Crippen molar-refractivity contribution in [3.63, 3.8) is 0 Å². The first-order chi connectivity index (χ1) is 16.5. The van der Waals surface area contributed by atoms with Gasteiger partial charge in [-0.1, -0.05) is 0 Å². The molecule has 3 N–H and O–H groups in total. The molecule has 0 aliphatic carbocycles. The molecule has 2 aromatic carbocycles. The minimum Gasteiger partial charge on any atom is -0.493 e. The second-order valence-electron chi connectivity index (χ2n) is 6.50. The Morgan fingerprint density at radius 2 is 1.44 bits per heavy atom. The van der Waals surface area contributed by atoms with E-state index >= 15 is 0 Å². The van der Waals surface area contributed by atoms with Crippen LogP contribution in [0.5, 0.6) is 28.9 Å². The Bertz CT molecular complexity index is 1130. The van der Waals surface area contributed by atoms with Crippen LogP contribution in [-0.2, 0) is 4.84 Å². The average molecular weight is 469 g/mol. The fraction of sp³-hybridized carbons (Fsp3) is 0.182. The van der Waals surface area contributed by atoms with Crippen molar-refractivity contribution >= 4 is 23.3 Å². The van der Waals surface area contributed by atoms with Gasteiger partial charge in [0.25, 0.3) is 5.91 Å². The van der Waals surface area contributed by atoms with Crippen LogP contribution in [0.2, 0.25) is 0 Å². The molecule has 12 nitrogen and oxygen atoms in total. The molecule has 0 radical (unpaired) electrons. The molecule has 0 saturated carbocycles. The fourth-order valence-electron chi connectivity index (χ4n) is 2.84. The van der Waals surface area contributed by atoms with Crippen molar-refractivity contribution in [2.45, 2.75) is 0 Å². The number of hydroxylamine groups is 1. The minimum atomic E-state index is -0.535. The summed E-state index contributed by atoms with van der Waals surface area (Å²) < 4.78 is 21.5. The molecule has 0 aliphatic heterocycles. The molecule has 0 spiro atoms. The number of methoxy groups -OCH3 is 3. The lowest BCUT2D eigenvalue weighted by molar-refractivity contribution is 0.0532. The molecular formula is C22H23N5O7. The van der Waals surface area contributed by atoms with Crippen LogP contribution in [0.4, 0.5) is 16.2 Å². The fourth-order valence-corrected chi connectivity index (χ4v) is 2.84. The van der Waals surface area contributed by atoms with E-state index in [1.165, 1.54) is 40.8 Å².